The van der Waals surface area contributed by atoms with Gasteiger partial charge in [0.1, 0.15) is 5.82 Å². The van der Waals surface area contributed by atoms with E-state index >= 15 is 0 Å². The molecule has 1 saturated heterocycles. The van der Waals surface area contributed by atoms with Gasteiger partial charge in [0.2, 0.25) is 0 Å². The molecule has 4 nitrogen and oxygen atoms in total. The molecular weight excluding hydrogens is 351 g/mol. The standard InChI is InChI=1S/C23H27FN4/c1-3-28-16-18(14-25-28)15-27-11-5-4-6-23(27)22-13-20(12-17(2)26-22)19-7-9-21(24)10-8-19/h7-10,12-14,16,23H,3-6,11,15H2,1-2H3. The first-order valence-electron chi connectivity index (χ1n) is 10.1. The summed E-state index contributed by atoms with van der Waals surface area (Å²) in [6, 6.07) is 11.3. The van der Waals surface area contributed by atoms with Crippen LogP contribution in [0, 0.1) is 12.7 Å². The number of halogens is 1. The van der Waals surface area contributed by atoms with Crippen LogP contribution in [-0.2, 0) is 13.1 Å². The Morgan fingerprint density at radius 2 is 1.93 bits per heavy atom. The lowest BCUT2D eigenvalue weighted by molar-refractivity contribution is 0.137. The van der Waals surface area contributed by atoms with E-state index in [-0.39, 0.29) is 5.82 Å². The van der Waals surface area contributed by atoms with Crippen molar-refractivity contribution < 1.29 is 4.39 Å². The molecule has 0 spiro atoms. The number of piperidine rings is 1. The highest BCUT2D eigenvalue weighted by atomic mass is 19.1. The van der Waals surface area contributed by atoms with Gasteiger partial charge in [-0.1, -0.05) is 18.6 Å². The average molecular weight is 378 g/mol. The fraction of sp³-hybridized carbons (Fsp3) is 0.391. The Morgan fingerprint density at radius 1 is 1.11 bits per heavy atom. The summed E-state index contributed by atoms with van der Waals surface area (Å²) in [4.78, 5) is 7.40. The molecule has 4 rings (SSSR count). The van der Waals surface area contributed by atoms with E-state index in [1.807, 2.05) is 29.9 Å². The minimum absolute atomic E-state index is 0.208. The Hall–Kier alpha value is -2.53. The van der Waals surface area contributed by atoms with E-state index in [1.165, 1.54) is 30.5 Å². The maximum Gasteiger partial charge on any atom is 0.123 e. The monoisotopic (exact) mass is 378 g/mol. The lowest BCUT2D eigenvalue weighted by atomic mass is 9.95. The van der Waals surface area contributed by atoms with Crippen LogP contribution in [-0.4, -0.2) is 26.2 Å². The highest BCUT2D eigenvalue weighted by Crippen LogP contribution is 2.33. The van der Waals surface area contributed by atoms with Crippen LogP contribution in [0.15, 0.2) is 48.8 Å². The summed E-state index contributed by atoms with van der Waals surface area (Å²) in [5.41, 5.74) is 5.50. The van der Waals surface area contributed by atoms with Gasteiger partial charge in [0.15, 0.2) is 0 Å². The van der Waals surface area contributed by atoms with Crippen molar-refractivity contribution in [1.82, 2.24) is 19.7 Å². The molecule has 28 heavy (non-hydrogen) atoms. The fourth-order valence-electron chi connectivity index (χ4n) is 4.08. The molecule has 0 N–H and O–H groups in total. The van der Waals surface area contributed by atoms with E-state index in [2.05, 4.69) is 35.3 Å². The van der Waals surface area contributed by atoms with Crippen molar-refractivity contribution in [3.8, 4) is 11.1 Å². The topological polar surface area (TPSA) is 34.0 Å². The predicted molar refractivity (Wildman–Crippen MR) is 109 cm³/mol. The number of nitrogens with zero attached hydrogens (tertiary/aromatic N) is 4. The van der Waals surface area contributed by atoms with E-state index in [0.717, 1.165) is 48.6 Å². The molecule has 1 aliphatic heterocycles. The van der Waals surface area contributed by atoms with Gasteiger partial charge in [-0.3, -0.25) is 14.6 Å². The average Bonchev–Trinajstić information content (AvgIpc) is 3.16. The van der Waals surface area contributed by atoms with E-state index in [1.54, 1.807) is 0 Å². The van der Waals surface area contributed by atoms with Gasteiger partial charge >= 0.3 is 0 Å². The van der Waals surface area contributed by atoms with Crippen molar-refractivity contribution in [3.05, 3.63) is 71.6 Å². The van der Waals surface area contributed by atoms with Gasteiger partial charge in [-0.2, -0.15) is 5.10 Å². The normalized spacial score (nSPS) is 17.8. The van der Waals surface area contributed by atoms with Gasteiger partial charge in [-0.25, -0.2) is 4.39 Å². The maximum absolute atomic E-state index is 13.3. The number of rotatable bonds is 5. The molecule has 2 aromatic heterocycles. The van der Waals surface area contributed by atoms with Crippen LogP contribution in [0.5, 0.6) is 0 Å². The van der Waals surface area contributed by atoms with Crippen molar-refractivity contribution in [3.63, 3.8) is 0 Å². The lowest BCUT2D eigenvalue weighted by Gasteiger charge is -2.35. The minimum atomic E-state index is -0.208. The smallest absolute Gasteiger partial charge is 0.123 e. The molecule has 1 unspecified atom stereocenters. The van der Waals surface area contributed by atoms with Crippen LogP contribution in [0.4, 0.5) is 4.39 Å². The molecule has 0 saturated carbocycles. The van der Waals surface area contributed by atoms with Crippen molar-refractivity contribution in [2.45, 2.75) is 52.2 Å². The van der Waals surface area contributed by atoms with Crippen LogP contribution in [0.25, 0.3) is 11.1 Å². The summed E-state index contributed by atoms with van der Waals surface area (Å²) >= 11 is 0. The largest absolute Gasteiger partial charge is 0.290 e. The molecule has 1 atom stereocenters. The Kier molecular flexibility index (Phi) is 5.53. The fourth-order valence-corrected chi connectivity index (χ4v) is 4.08. The van der Waals surface area contributed by atoms with E-state index in [0.29, 0.717) is 6.04 Å². The van der Waals surface area contributed by atoms with Crippen molar-refractivity contribution in [2.75, 3.05) is 6.54 Å². The summed E-state index contributed by atoms with van der Waals surface area (Å²) < 4.78 is 15.3. The Balaban J connectivity index is 1.62. The Labute approximate surface area is 166 Å². The van der Waals surface area contributed by atoms with E-state index in [9.17, 15) is 4.39 Å². The van der Waals surface area contributed by atoms with Crippen LogP contribution in [0.3, 0.4) is 0 Å². The molecule has 0 bridgehead atoms. The summed E-state index contributed by atoms with van der Waals surface area (Å²) in [6.45, 7) is 7.00. The van der Waals surface area contributed by atoms with Crippen molar-refractivity contribution in [1.29, 1.82) is 0 Å². The van der Waals surface area contributed by atoms with Gasteiger partial charge in [-0.05, 0) is 68.6 Å². The number of benzene rings is 1. The molecule has 1 aliphatic rings. The third-order valence-electron chi connectivity index (χ3n) is 5.50. The van der Waals surface area contributed by atoms with Gasteiger partial charge in [-0.15, -0.1) is 0 Å². The van der Waals surface area contributed by atoms with Gasteiger partial charge < -0.3 is 0 Å². The number of hydrogen-bond donors (Lipinski definition) is 0. The first-order chi connectivity index (χ1) is 13.6. The third-order valence-corrected chi connectivity index (χ3v) is 5.50. The molecular formula is C23H27FN4. The van der Waals surface area contributed by atoms with Gasteiger partial charge in [0, 0.05) is 30.5 Å². The quantitative estimate of drug-likeness (QED) is 0.616. The maximum atomic E-state index is 13.3. The first-order valence-corrected chi connectivity index (χ1v) is 10.1. The second-order valence-electron chi connectivity index (χ2n) is 7.62. The number of aryl methyl sites for hydroxylation is 2. The minimum Gasteiger partial charge on any atom is -0.290 e. The molecule has 0 amide bonds. The molecule has 0 aliphatic carbocycles. The van der Waals surface area contributed by atoms with E-state index in [4.69, 9.17) is 4.98 Å². The van der Waals surface area contributed by atoms with Crippen LogP contribution >= 0.6 is 0 Å². The van der Waals surface area contributed by atoms with Gasteiger partial charge in [0.05, 0.1) is 17.9 Å². The van der Waals surface area contributed by atoms with Crippen LogP contribution < -0.4 is 0 Å². The third kappa shape index (κ3) is 4.14. The second kappa shape index (κ2) is 8.23. The molecule has 146 valence electrons. The highest BCUT2D eigenvalue weighted by Gasteiger charge is 2.26. The van der Waals surface area contributed by atoms with Crippen LogP contribution in [0.1, 0.15) is 49.2 Å². The number of pyridine rings is 1. The molecule has 3 aromatic rings. The van der Waals surface area contributed by atoms with Crippen molar-refractivity contribution in [2.24, 2.45) is 0 Å². The molecule has 0 radical (unpaired) electrons. The SMILES string of the molecule is CCn1cc(CN2CCCCC2c2cc(-c3ccc(F)cc3)cc(C)n2)cn1. The molecule has 3 heterocycles. The summed E-state index contributed by atoms with van der Waals surface area (Å²) in [7, 11) is 0. The molecule has 5 heteroatoms. The predicted octanol–water partition coefficient (Wildman–Crippen LogP) is 5.14. The Bertz CT molecular complexity index is 932. The zero-order valence-electron chi connectivity index (χ0n) is 16.6. The Morgan fingerprint density at radius 3 is 2.68 bits per heavy atom. The van der Waals surface area contributed by atoms with Crippen molar-refractivity contribution >= 4 is 0 Å². The first kappa shape index (κ1) is 18.8. The van der Waals surface area contributed by atoms with E-state index < -0.39 is 0 Å². The van der Waals surface area contributed by atoms with Crippen LogP contribution in [0.2, 0.25) is 0 Å². The number of aromatic nitrogens is 3. The highest BCUT2D eigenvalue weighted by molar-refractivity contribution is 5.64. The lowest BCUT2D eigenvalue weighted by Crippen LogP contribution is -2.33. The zero-order valence-corrected chi connectivity index (χ0v) is 16.6. The molecule has 1 fully saturated rings. The molecule has 1 aromatic carbocycles. The summed E-state index contributed by atoms with van der Waals surface area (Å²) in [5, 5.41) is 4.42. The number of likely N-dealkylation sites (tertiary alicyclic amines) is 1. The second-order valence-corrected chi connectivity index (χ2v) is 7.62. The summed E-state index contributed by atoms with van der Waals surface area (Å²) in [6.07, 6.45) is 7.66. The summed E-state index contributed by atoms with van der Waals surface area (Å²) in [5.74, 6) is -0.208. The zero-order chi connectivity index (χ0) is 19.5. The number of hydrogen-bond acceptors (Lipinski definition) is 3. The van der Waals surface area contributed by atoms with Gasteiger partial charge in [0.25, 0.3) is 0 Å².